The normalized spacial score (nSPS) is 13.0. The number of hydrogen-bond acceptors (Lipinski definition) is 3. The van der Waals surface area contributed by atoms with E-state index >= 15 is 0 Å². The van der Waals surface area contributed by atoms with E-state index < -0.39 is 0 Å². The van der Waals surface area contributed by atoms with Crippen LogP contribution < -0.4 is 5.32 Å². The molecule has 86 valence electrons. The van der Waals surface area contributed by atoms with Gasteiger partial charge in [-0.2, -0.15) is 0 Å². The average Bonchev–Trinajstić information content (AvgIpc) is 2.63. The average molecular weight is 231 g/mol. The van der Waals surface area contributed by atoms with Crippen LogP contribution in [0.25, 0.3) is 0 Å². The molecule has 0 radical (unpaired) electrons. The van der Waals surface area contributed by atoms with E-state index in [1.54, 1.807) is 4.68 Å². The molecule has 0 bridgehead atoms. The molecule has 15 heavy (non-hydrogen) atoms. The van der Waals surface area contributed by atoms with Crippen molar-refractivity contribution in [3.8, 4) is 0 Å². The van der Waals surface area contributed by atoms with Crippen molar-refractivity contribution in [3.05, 3.63) is 11.9 Å². The van der Waals surface area contributed by atoms with Crippen LogP contribution in [0.2, 0.25) is 0 Å². The number of halogens is 1. The van der Waals surface area contributed by atoms with Crippen molar-refractivity contribution < 1.29 is 0 Å². The molecule has 0 aromatic carbocycles. The minimum atomic E-state index is 0.666. The van der Waals surface area contributed by atoms with Crippen molar-refractivity contribution >= 4 is 11.6 Å². The predicted octanol–water partition coefficient (Wildman–Crippen LogP) is 1.56. The third-order valence-corrected chi connectivity index (χ3v) is 2.70. The lowest BCUT2D eigenvalue weighted by atomic mass is 10.0. The first kappa shape index (κ1) is 12.5. The molecule has 1 N–H and O–H groups in total. The van der Waals surface area contributed by atoms with Gasteiger partial charge in [0.05, 0.1) is 5.69 Å². The van der Waals surface area contributed by atoms with E-state index in [0.717, 1.165) is 31.1 Å². The summed E-state index contributed by atoms with van der Waals surface area (Å²) in [5.74, 6) is 1.41. The van der Waals surface area contributed by atoms with Crippen molar-refractivity contribution in [1.82, 2.24) is 20.3 Å². The largest absolute Gasteiger partial charge is 0.311 e. The fourth-order valence-corrected chi connectivity index (χ4v) is 1.79. The highest BCUT2D eigenvalue weighted by Gasteiger charge is 2.05. The third-order valence-electron chi connectivity index (χ3n) is 2.48. The van der Waals surface area contributed by atoms with E-state index in [-0.39, 0.29) is 0 Å². The molecule has 0 aliphatic rings. The summed E-state index contributed by atoms with van der Waals surface area (Å²) in [5.41, 5.74) is 0.984. The van der Waals surface area contributed by atoms with Crippen LogP contribution in [-0.2, 0) is 13.6 Å². The maximum Gasteiger partial charge on any atom is 0.0964 e. The van der Waals surface area contributed by atoms with Gasteiger partial charge in [0.25, 0.3) is 0 Å². The van der Waals surface area contributed by atoms with Gasteiger partial charge in [0.1, 0.15) is 0 Å². The number of alkyl halides is 1. The van der Waals surface area contributed by atoms with E-state index in [0.29, 0.717) is 5.92 Å². The van der Waals surface area contributed by atoms with Crippen molar-refractivity contribution in [3.63, 3.8) is 0 Å². The zero-order chi connectivity index (χ0) is 11.1. The molecule has 1 unspecified atom stereocenters. The van der Waals surface area contributed by atoms with E-state index in [1.807, 2.05) is 13.2 Å². The highest BCUT2D eigenvalue weighted by Crippen LogP contribution is 2.07. The van der Waals surface area contributed by atoms with Gasteiger partial charge in [-0.1, -0.05) is 18.6 Å². The van der Waals surface area contributed by atoms with Crippen LogP contribution >= 0.6 is 11.6 Å². The Bertz CT molecular complexity index is 274. The molecule has 1 aromatic rings. The molecule has 1 aromatic heterocycles. The van der Waals surface area contributed by atoms with E-state index in [4.69, 9.17) is 11.6 Å². The summed E-state index contributed by atoms with van der Waals surface area (Å²) in [6.07, 6.45) is 4.17. The maximum atomic E-state index is 5.72. The van der Waals surface area contributed by atoms with Gasteiger partial charge in [0.15, 0.2) is 0 Å². The highest BCUT2D eigenvalue weighted by molar-refractivity contribution is 6.17. The maximum absolute atomic E-state index is 5.72. The minimum Gasteiger partial charge on any atom is -0.311 e. The Morgan fingerprint density at radius 2 is 2.40 bits per heavy atom. The first-order valence-corrected chi connectivity index (χ1v) is 5.91. The molecule has 0 spiro atoms. The lowest BCUT2D eigenvalue weighted by Gasteiger charge is -2.13. The van der Waals surface area contributed by atoms with Gasteiger partial charge in [0.2, 0.25) is 0 Å². The third kappa shape index (κ3) is 4.62. The number of rotatable bonds is 7. The van der Waals surface area contributed by atoms with E-state index in [2.05, 4.69) is 22.6 Å². The smallest absolute Gasteiger partial charge is 0.0964 e. The Balaban J connectivity index is 2.20. The Labute approximate surface area is 96.0 Å². The van der Waals surface area contributed by atoms with Gasteiger partial charge in [-0.05, 0) is 18.9 Å². The standard InChI is InChI=1S/C10H19ClN4/c1-3-9(4-5-11)6-12-7-10-8-15(2)14-13-10/h8-9,12H,3-7H2,1-2H3. The first-order valence-electron chi connectivity index (χ1n) is 5.38. The number of hydrogen-bond donors (Lipinski definition) is 1. The zero-order valence-corrected chi connectivity index (χ0v) is 10.2. The van der Waals surface area contributed by atoms with Crippen molar-refractivity contribution in [2.45, 2.75) is 26.3 Å². The number of aryl methyl sites for hydroxylation is 1. The van der Waals surface area contributed by atoms with Crippen LogP contribution in [-0.4, -0.2) is 27.4 Å². The van der Waals surface area contributed by atoms with Gasteiger partial charge >= 0.3 is 0 Å². The van der Waals surface area contributed by atoms with E-state index in [1.165, 1.54) is 6.42 Å². The quantitative estimate of drug-likeness (QED) is 0.723. The van der Waals surface area contributed by atoms with Crippen molar-refractivity contribution in [2.75, 3.05) is 12.4 Å². The fraction of sp³-hybridized carbons (Fsp3) is 0.800. The molecule has 0 saturated heterocycles. The summed E-state index contributed by atoms with van der Waals surface area (Å²) in [6, 6.07) is 0. The van der Waals surface area contributed by atoms with Crippen LogP contribution in [0.4, 0.5) is 0 Å². The number of nitrogens with zero attached hydrogens (tertiary/aromatic N) is 3. The van der Waals surface area contributed by atoms with Gasteiger partial charge < -0.3 is 5.32 Å². The molecule has 0 aliphatic heterocycles. The molecule has 5 heteroatoms. The second-order valence-corrected chi connectivity index (χ2v) is 4.14. The first-order chi connectivity index (χ1) is 7.26. The van der Waals surface area contributed by atoms with Gasteiger partial charge in [0, 0.05) is 25.7 Å². The molecule has 1 rings (SSSR count). The van der Waals surface area contributed by atoms with Crippen LogP contribution in [0.1, 0.15) is 25.5 Å². The SMILES string of the molecule is CCC(CCCl)CNCc1cn(C)nn1. The summed E-state index contributed by atoms with van der Waals surface area (Å²) in [7, 11) is 1.87. The van der Waals surface area contributed by atoms with Crippen molar-refractivity contribution in [2.24, 2.45) is 13.0 Å². The molecule has 4 nitrogen and oxygen atoms in total. The summed E-state index contributed by atoms with van der Waals surface area (Å²) in [5, 5.41) is 11.3. The topological polar surface area (TPSA) is 42.7 Å². The number of aromatic nitrogens is 3. The van der Waals surface area contributed by atoms with Crippen LogP contribution in [0, 0.1) is 5.92 Å². The van der Waals surface area contributed by atoms with E-state index in [9.17, 15) is 0 Å². The molecule has 1 heterocycles. The summed E-state index contributed by atoms with van der Waals surface area (Å²) < 4.78 is 1.72. The summed E-state index contributed by atoms with van der Waals surface area (Å²) >= 11 is 5.72. The van der Waals surface area contributed by atoms with Gasteiger partial charge in [-0.15, -0.1) is 16.7 Å². The second kappa shape index (κ2) is 6.80. The lowest BCUT2D eigenvalue weighted by Crippen LogP contribution is -2.22. The summed E-state index contributed by atoms with van der Waals surface area (Å²) in [4.78, 5) is 0. The monoisotopic (exact) mass is 230 g/mol. The lowest BCUT2D eigenvalue weighted by molar-refractivity contribution is 0.450. The molecular formula is C10H19ClN4. The van der Waals surface area contributed by atoms with Gasteiger partial charge in [-0.3, -0.25) is 4.68 Å². The molecule has 0 aliphatic carbocycles. The van der Waals surface area contributed by atoms with Crippen LogP contribution in [0.5, 0.6) is 0 Å². The molecule has 1 atom stereocenters. The minimum absolute atomic E-state index is 0.666. The van der Waals surface area contributed by atoms with Crippen molar-refractivity contribution in [1.29, 1.82) is 0 Å². The van der Waals surface area contributed by atoms with Crippen LogP contribution in [0.3, 0.4) is 0 Å². The Morgan fingerprint density at radius 3 is 2.93 bits per heavy atom. The molecule has 0 fully saturated rings. The predicted molar refractivity (Wildman–Crippen MR) is 61.8 cm³/mol. The highest BCUT2D eigenvalue weighted by atomic mass is 35.5. The molecular weight excluding hydrogens is 212 g/mol. The summed E-state index contributed by atoms with van der Waals surface area (Å²) in [6.45, 7) is 3.98. The Morgan fingerprint density at radius 1 is 1.60 bits per heavy atom. The second-order valence-electron chi connectivity index (χ2n) is 3.77. The van der Waals surface area contributed by atoms with Gasteiger partial charge in [-0.25, -0.2) is 0 Å². The van der Waals surface area contributed by atoms with Crippen LogP contribution in [0.15, 0.2) is 6.20 Å². The number of nitrogens with one attached hydrogen (secondary N) is 1. The molecule has 0 saturated carbocycles. The zero-order valence-electron chi connectivity index (χ0n) is 9.41. The Hall–Kier alpha value is -0.610. The Kier molecular flexibility index (Phi) is 5.65. The molecule has 0 amide bonds. The fourth-order valence-electron chi connectivity index (χ4n) is 1.49.